The topological polar surface area (TPSA) is 58.6 Å². The van der Waals surface area contributed by atoms with Crippen LogP contribution in [0.4, 0.5) is 0 Å². The Morgan fingerprint density at radius 3 is 2.39 bits per heavy atom. The monoisotopic (exact) mass is 497 g/mol. The molecule has 4 nitrogen and oxygen atoms in total. The van der Waals surface area contributed by atoms with Gasteiger partial charge in [-0.1, -0.05) is 95.0 Å². The van der Waals surface area contributed by atoms with Crippen molar-refractivity contribution in [1.29, 1.82) is 0 Å². The Morgan fingerprint density at radius 2 is 1.69 bits per heavy atom. The molecule has 0 fully saturated rings. The maximum absolute atomic E-state index is 11.6. The lowest BCUT2D eigenvalue weighted by Crippen LogP contribution is -2.34. The average molecular weight is 498 g/mol. The van der Waals surface area contributed by atoms with E-state index in [2.05, 4.69) is 86.8 Å². The second kappa shape index (κ2) is 19.8. The van der Waals surface area contributed by atoms with Gasteiger partial charge in [-0.2, -0.15) is 0 Å². The average Bonchev–Trinajstić information content (AvgIpc) is 2.87. The molecule has 202 valence electrons. The predicted molar refractivity (Wildman–Crippen MR) is 154 cm³/mol. The number of rotatable bonds is 20. The molecular formula is C32H51NO3. The van der Waals surface area contributed by atoms with Gasteiger partial charge in [-0.15, -0.1) is 0 Å². The first-order chi connectivity index (χ1) is 17.4. The number of ether oxygens (including phenoxy) is 1. The van der Waals surface area contributed by atoms with Gasteiger partial charge in [-0.25, -0.2) is 0 Å². The van der Waals surface area contributed by atoms with E-state index in [4.69, 9.17) is 9.84 Å². The zero-order valence-electron chi connectivity index (χ0n) is 23.3. The van der Waals surface area contributed by atoms with Gasteiger partial charge in [0.2, 0.25) is 5.91 Å². The van der Waals surface area contributed by atoms with Crippen LogP contribution in [0.3, 0.4) is 0 Å². The van der Waals surface area contributed by atoms with Crippen molar-refractivity contribution >= 4 is 5.91 Å². The molecule has 0 radical (unpaired) electrons. The first-order valence-electron chi connectivity index (χ1n) is 14.0. The minimum atomic E-state index is -0.167. The maximum atomic E-state index is 11.6. The van der Waals surface area contributed by atoms with Crippen molar-refractivity contribution in [2.75, 3.05) is 13.2 Å². The fourth-order valence-corrected chi connectivity index (χ4v) is 3.94. The summed E-state index contributed by atoms with van der Waals surface area (Å²) in [4.78, 5) is 11.6. The van der Waals surface area contributed by atoms with Crippen LogP contribution in [0.2, 0.25) is 0 Å². The third kappa shape index (κ3) is 15.6. The first-order valence-corrected chi connectivity index (χ1v) is 14.0. The summed E-state index contributed by atoms with van der Waals surface area (Å²) in [5, 5.41) is 11.7. The van der Waals surface area contributed by atoms with Crippen molar-refractivity contribution in [2.45, 2.75) is 110 Å². The lowest BCUT2D eigenvalue weighted by Gasteiger charge is -2.26. The molecule has 1 atom stereocenters. The van der Waals surface area contributed by atoms with Crippen LogP contribution >= 0.6 is 0 Å². The Bertz CT molecular complexity index is 794. The molecule has 2 N–H and O–H groups in total. The van der Waals surface area contributed by atoms with Gasteiger partial charge in [-0.3, -0.25) is 4.79 Å². The van der Waals surface area contributed by atoms with Crippen molar-refractivity contribution in [3.63, 3.8) is 0 Å². The van der Waals surface area contributed by atoms with Gasteiger partial charge in [0.05, 0.1) is 13.2 Å². The molecule has 36 heavy (non-hydrogen) atoms. The minimum Gasteiger partial charge on any atom is -0.493 e. The number of amides is 1. The van der Waals surface area contributed by atoms with E-state index in [0.717, 1.165) is 37.9 Å². The molecule has 0 bridgehead atoms. The highest BCUT2D eigenvalue weighted by Crippen LogP contribution is 2.31. The van der Waals surface area contributed by atoms with Crippen molar-refractivity contribution < 1.29 is 14.6 Å². The molecule has 0 aliphatic rings. The number of carbonyl (C=O) groups is 1. The summed E-state index contributed by atoms with van der Waals surface area (Å²) in [6.07, 6.45) is 24.4. The first kappa shape index (κ1) is 31.7. The Balaban J connectivity index is 2.16. The fourth-order valence-electron chi connectivity index (χ4n) is 3.94. The third-order valence-electron chi connectivity index (χ3n) is 6.32. The summed E-state index contributed by atoms with van der Waals surface area (Å²) in [5.41, 5.74) is 1.55. The van der Waals surface area contributed by atoms with Crippen LogP contribution in [-0.4, -0.2) is 30.3 Å². The predicted octanol–water partition coefficient (Wildman–Crippen LogP) is 7.82. The van der Waals surface area contributed by atoms with Gasteiger partial charge in [-0.05, 0) is 68.6 Å². The van der Waals surface area contributed by atoms with Crippen LogP contribution in [0.5, 0.6) is 5.75 Å². The second-order valence-corrected chi connectivity index (χ2v) is 10.3. The molecule has 0 aromatic heterocycles. The molecule has 0 aliphatic heterocycles. The van der Waals surface area contributed by atoms with E-state index in [-0.39, 0.29) is 24.0 Å². The Labute approximate surface area is 220 Å². The number of carbonyl (C=O) groups excluding carboxylic acids is 1. The maximum Gasteiger partial charge on any atom is 0.220 e. The lowest BCUT2D eigenvalue weighted by atomic mass is 9.80. The quantitative estimate of drug-likeness (QED) is 0.143. The molecule has 1 aromatic rings. The van der Waals surface area contributed by atoms with E-state index in [1.807, 2.05) is 0 Å². The Hall–Kier alpha value is -2.33. The van der Waals surface area contributed by atoms with Gasteiger partial charge in [0.25, 0.3) is 0 Å². The van der Waals surface area contributed by atoms with Crippen LogP contribution < -0.4 is 10.1 Å². The summed E-state index contributed by atoms with van der Waals surface area (Å²) >= 11 is 0. The Morgan fingerprint density at radius 1 is 1.00 bits per heavy atom. The fraction of sp³-hybridized carbons (Fsp3) is 0.594. The highest BCUT2D eigenvalue weighted by atomic mass is 16.5. The highest BCUT2D eigenvalue weighted by Gasteiger charge is 2.20. The van der Waals surface area contributed by atoms with Gasteiger partial charge in [0.1, 0.15) is 5.75 Å². The molecule has 0 heterocycles. The normalized spacial score (nSPS) is 13.1. The molecule has 0 unspecified atom stereocenters. The summed E-state index contributed by atoms with van der Waals surface area (Å²) in [6, 6.07) is 8.45. The number of aliphatic hydroxyl groups is 1. The van der Waals surface area contributed by atoms with E-state index < -0.39 is 0 Å². The molecule has 0 spiro atoms. The van der Waals surface area contributed by atoms with Gasteiger partial charge in [0, 0.05) is 12.5 Å². The number of hydrogen-bond acceptors (Lipinski definition) is 3. The number of nitrogens with one attached hydrogen (secondary N) is 1. The van der Waals surface area contributed by atoms with E-state index in [0.29, 0.717) is 13.0 Å². The van der Waals surface area contributed by atoms with Gasteiger partial charge < -0.3 is 15.2 Å². The smallest absolute Gasteiger partial charge is 0.220 e. The third-order valence-corrected chi connectivity index (χ3v) is 6.32. The zero-order chi connectivity index (χ0) is 26.5. The van der Waals surface area contributed by atoms with Crippen molar-refractivity contribution in [3.05, 3.63) is 66.3 Å². The second-order valence-electron chi connectivity index (χ2n) is 10.3. The number of benzene rings is 1. The molecule has 0 saturated carbocycles. The molecule has 1 rings (SSSR count). The summed E-state index contributed by atoms with van der Waals surface area (Å²) in [7, 11) is 0. The number of hydrogen-bond donors (Lipinski definition) is 2. The van der Waals surface area contributed by atoms with Crippen molar-refractivity contribution in [2.24, 2.45) is 0 Å². The molecule has 1 amide bonds. The number of allylic oxidation sites excluding steroid dienone is 5. The van der Waals surface area contributed by atoms with Crippen LogP contribution in [0.15, 0.2) is 60.7 Å². The minimum absolute atomic E-state index is 0.00710. The van der Waals surface area contributed by atoms with Crippen LogP contribution in [0.1, 0.15) is 104 Å². The zero-order valence-corrected chi connectivity index (χ0v) is 23.3. The van der Waals surface area contributed by atoms with E-state index >= 15 is 0 Å². The lowest BCUT2D eigenvalue weighted by molar-refractivity contribution is -0.122. The van der Waals surface area contributed by atoms with Crippen LogP contribution in [-0.2, 0) is 10.2 Å². The molecule has 4 heteroatoms. The van der Waals surface area contributed by atoms with E-state index in [9.17, 15) is 4.79 Å². The van der Waals surface area contributed by atoms with Gasteiger partial charge in [0.15, 0.2) is 0 Å². The number of unbranched alkanes of at least 4 members (excludes halogenated alkanes) is 4. The number of aliphatic hydroxyl groups excluding tert-OH is 1. The Kier molecular flexibility index (Phi) is 17.4. The molecule has 0 aliphatic carbocycles. The molecule has 0 saturated heterocycles. The van der Waals surface area contributed by atoms with Crippen molar-refractivity contribution in [1.82, 2.24) is 5.32 Å². The SMILES string of the molecule is CCCCCCC(C)(C)c1cccc(OCC/C=C\C/C=C\C/C=C\CCCC(=O)N[C@H](C)CO)c1. The molecular weight excluding hydrogens is 446 g/mol. The largest absolute Gasteiger partial charge is 0.493 e. The summed E-state index contributed by atoms with van der Waals surface area (Å²) in [6.45, 7) is 9.41. The molecule has 1 aromatic carbocycles. The summed E-state index contributed by atoms with van der Waals surface area (Å²) in [5.74, 6) is 0.974. The van der Waals surface area contributed by atoms with Crippen LogP contribution in [0, 0.1) is 0 Å². The van der Waals surface area contributed by atoms with Gasteiger partial charge >= 0.3 is 0 Å². The van der Waals surface area contributed by atoms with E-state index in [1.54, 1.807) is 6.92 Å². The van der Waals surface area contributed by atoms with E-state index in [1.165, 1.54) is 37.7 Å². The highest BCUT2D eigenvalue weighted by molar-refractivity contribution is 5.76. The summed E-state index contributed by atoms with van der Waals surface area (Å²) < 4.78 is 6.00. The van der Waals surface area contributed by atoms with Crippen molar-refractivity contribution in [3.8, 4) is 5.75 Å². The standard InChI is InChI=1S/C32H51NO3/c1-5-6-7-18-24-32(3,4)29-21-20-22-30(26-29)36-25-19-16-14-12-10-8-9-11-13-15-17-23-31(35)33-28(2)27-34/h8,10-11,13-14,16,20-22,26,28,34H,5-7,9,12,15,17-19,23-25,27H2,1-4H3,(H,33,35)/b10-8-,13-11-,16-14-/t28-/m1/s1. The van der Waals surface area contributed by atoms with Crippen LogP contribution in [0.25, 0.3) is 0 Å².